The van der Waals surface area contributed by atoms with E-state index in [1.165, 1.54) is 18.2 Å². The molecule has 0 aromatic heterocycles. The number of carbonyl (C=O) groups excluding carboxylic acids is 1. The first-order chi connectivity index (χ1) is 8.40. The van der Waals surface area contributed by atoms with Gasteiger partial charge in [0.25, 0.3) is 11.6 Å². The summed E-state index contributed by atoms with van der Waals surface area (Å²) in [7, 11) is 0. The Morgan fingerprint density at radius 2 is 2.11 bits per heavy atom. The van der Waals surface area contributed by atoms with Gasteiger partial charge in [-0.05, 0) is 26.8 Å². The molecule has 0 bridgehead atoms. The van der Waals surface area contributed by atoms with Gasteiger partial charge in [0.1, 0.15) is 5.69 Å². The second-order valence-corrected chi connectivity index (χ2v) is 4.18. The van der Waals surface area contributed by atoms with Crippen molar-refractivity contribution in [3.05, 3.63) is 33.9 Å². The molecule has 0 spiro atoms. The second-order valence-electron chi connectivity index (χ2n) is 4.18. The van der Waals surface area contributed by atoms with Gasteiger partial charge in [-0.1, -0.05) is 6.07 Å². The Hall–Kier alpha value is -2.11. The van der Waals surface area contributed by atoms with E-state index in [9.17, 15) is 14.9 Å². The number of carbonyl (C=O) groups is 1. The zero-order valence-corrected chi connectivity index (χ0v) is 10.7. The lowest BCUT2D eigenvalue weighted by atomic mass is 10.1. The van der Waals surface area contributed by atoms with Gasteiger partial charge in [0.15, 0.2) is 0 Å². The lowest BCUT2D eigenvalue weighted by molar-refractivity contribution is -0.383. The third kappa shape index (κ3) is 2.58. The SMILES string of the molecule is CCN(C(=O)c1cccc([N+](=O)[O-])c1N)C(C)C. The van der Waals surface area contributed by atoms with Gasteiger partial charge in [-0.25, -0.2) is 0 Å². The highest BCUT2D eigenvalue weighted by atomic mass is 16.6. The van der Waals surface area contributed by atoms with E-state index in [2.05, 4.69) is 0 Å². The maximum atomic E-state index is 12.2. The van der Waals surface area contributed by atoms with Crippen LogP contribution in [0, 0.1) is 10.1 Å². The maximum Gasteiger partial charge on any atom is 0.292 e. The van der Waals surface area contributed by atoms with Crippen molar-refractivity contribution in [3.8, 4) is 0 Å². The fourth-order valence-electron chi connectivity index (χ4n) is 1.80. The summed E-state index contributed by atoms with van der Waals surface area (Å²) in [4.78, 5) is 24.0. The first-order valence-electron chi connectivity index (χ1n) is 5.74. The van der Waals surface area contributed by atoms with Crippen LogP contribution < -0.4 is 5.73 Å². The molecule has 2 N–H and O–H groups in total. The zero-order chi connectivity index (χ0) is 13.9. The number of hydrogen-bond donors (Lipinski definition) is 1. The predicted octanol–water partition coefficient (Wildman–Crippen LogP) is 2.05. The van der Waals surface area contributed by atoms with E-state index < -0.39 is 4.92 Å². The number of para-hydroxylation sites is 1. The van der Waals surface area contributed by atoms with Gasteiger partial charge in [-0.2, -0.15) is 0 Å². The Balaban J connectivity index is 3.21. The van der Waals surface area contributed by atoms with Crippen molar-refractivity contribution < 1.29 is 9.72 Å². The molecule has 0 aliphatic heterocycles. The van der Waals surface area contributed by atoms with Crippen LogP contribution >= 0.6 is 0 Å². The van der Waals surface area contributed by atoms with Crippen molar-refractivity contribution in [1.82, 2.24) is 4.90 Å². The molecular weight excluding hydrogens is 234 g/mol. The van der Waals surface area contributed by atoms with E-state index >= 15 is 0 Å². The quantitative estimate of drug-likeness (QED) is 0.503. The maximum absolute atomic E-state index is 12.2. The van der Waals surface area contributed by atoms with E-state index in [-0.39, 0.29) is 28.9 Å². The van der Waals surface area contributed by atoms with Crippen molar-refractivity contribution >= 4 is 17.3 Å². The van der Waals surface area contributed by atoms with Crippen LogP contribution in [0.2, 0.25) is 0 Å². The molecule has 0 aliphatic rings. The van der Waals surface area contributed by atoms with Crippen molar-refractivity contribution in [2.45, 2.75) is 26.8 Å². The van der Waals surface area contributed by atoms with E-state index in [0.29, 0.717) is 6.54 Å². The molecular formula is C12H17N3O3. The summed E-state index contributed by atoms with van der Waals surface area (Å²) < 4.78 is 0. The zero-order valence-electron chi connectivity index (χ0n) is 10.7. The van der Waals surface area contributed by atoms with Crippen LogP contribution in [-0.4, -0.2) is 28.3 Å². The standard InChI is InChI=1S/C12H17N3O3/c1-4-14(8(2)3)12(16)9-6-5-7-10(11(9)13)15(17)18/h5-8H,4,13H2,1-3H3. The molecule has 1 amide bonds. The minimum absolute atomic E-state index is 0.0150. The molecule has 0 saturated heterocycles. The van der Waals surface area contributed by atoms with Gasteiger partial charge in [-0.3, -0.25) is 14.9 Å². The first kappa shape index (κ1) is 14.0. The highest BCUT2D eigenvalue weighted by Crippen LogP contribution is 2.26. The Morgan fingerprint density at radius 1 is 1.50 bits per heavy atom. The molecule has 0 unspecified atom stereocenters. The Labute approximate surface area is 106 Å². The van der Waals surface area contributed by atoms with Crippen LogP contribution in [0.1, 0.15) is 31.1 Å². The van der Waals surface area contributed by atoms with Gasteiger partial charge in [0.05, 0.1) is 10.5 Å². The lowest BCUT2D eigenvalue weighted by Gasteiger charge is -2.25. The minimum atomic E-state index is -0.586. The minimum Gasteiger partial charge on any atom is -0.393 e. The molecule has 1 aromatic rings. The third-order valence-electron chi connectivity index (χ3n) is 2.74. The summed E-state index contributed by atoms with van der Waals surface area (Å²) in [6.45, 7) is 6.15. The molecule has 0 atom stereocenters. The molecule has 1 rings (SSSR count). The molecule has 1 aromatic carbocycles. The van der Waals surface area contributed by atoms with Crippen molar-refractivity contribution in [2.75, 3.05) is 12.3 Å². The van der Waals surface area contributed by atoms with Crippen LogP contribution in [0.15, 0.2) is 18.2 Å². The monoisotopic (exact) mass is 251 g/mol. The van der Waals surface area contributed by atoms with Crippen LogP contribution in [0.3, 0.4) is 0 Å². The van der Waals surface area contributed by atoms with Crippen LogP contribution in [0.5, 0.6) is 0 Å². The first-order valence-corrected chi connectivity index (χ1v) is 5.74. The van der Waals surface area contributed by atoms with Crippen LogP contribution in [0.25, 0.3) is 0 Å². The fraction of sp³-hybridized carbons (Fsp3) is 0.417. The number of nitrogens with two attached hydrogens (primary N) is 1. The Kier molecular flexibility index (Phi) is 4.25. The van der Waals surface area contributed by atoms with Crippen LogP contribution in [0.4, 0.5) is 11.4 Å². The highest BCUT2D eigenvalue weighted by molar-refractivity contribution is 6.01. The molecule has 6 nitrogen and oxygen atoms in total. The van der Waals surface area contributed by atoms with E-state index in [4.69, 9.17) is 5.73 Å². The number of benzene rings is 1. The average Bonchev–Trinajstić information content (AvgIpc) is 2.29. The summed E-state index contributed by atoms with van der Waals surface area (Å²) >= 11 is 0. The summed E-state index contributed by atoms with van der Waals surface area (Å²) in [6, 6.07) is 4.28. The molecule has 0 fully saturated rings. The van der Waals surface area contributed by atoms with Gasteiger partial charge in [0.2, 0.25) is 0 Å². The number of nitrogen functional groups attached to an aromatic ring is 1. The lowest BCUT2D eigenvalue weighted by Crippen LogP contribution is -2.37. The third-order valence-corrected chi connectivity index (χ3v) is 2.74. The predicted molar refractivity (Wildman–Crippen MR) is 69.4 cm³/mol. The summed E-state index contributed by atoms with van der Waals surface area (Å²) in [6.07, 6.45) is 0. The fourth-order valence-corrected chi connectivity index (χ4v) is 1.80. The normalized spacial score (nSPS) is 10.4. The topological polar surface area (TPSA) is 89.5 Å². The van der Waals surface area contributed by atoms with Gasteiger partial charge >= 0.3 is 0 Å². The Morgan fingerprint density at radius 3 is 2.56 bits per heavy atom. The summed E-state index contributed by atoms with van der Waals surface area (Å²) in [5.41, 5.74) is 5.56. The second kappa shape index (κ2) is 5.48. The van der Waals surface area contributed by atoms with Crippen LogP contribution in [-0.2, 0) is 0 Å². The number of rotatable bonds is 4. The summed E-state index contributed by atoms with van der Waals surface area (Å²) in [5.74, 6) is -0.284. The van der Waals surface area contributed by atoms with Crippen molar-refractivity contribution in [3.63, 3.8) is 0 Å². The molecule has 0 heterocycles. The van der Waals surface area contributed by atoms with E-state index in [1.807, 2.05) is 20.8 Å². The van der Waals surface area contributed by atoms with E-state index in [1.54, 1.807) is 4.90 Å². The van der Waals surface area contributed by atoms with Gasteiger partial charge in [0, 0.05) is 18.7 Å². The van der Waals surface area contributed by atoms with E-state index in [0.717, 1.165) is 0 Å². The molecule has 0 aliphatic carbocycles. The summed E-state index contributed by atoms with van der Waals surface area (Å²) in [5, 5.41) is 10.8. The number of amides is 1. The largest absolute Gasteiger partial charge is 0.393 e. The molecule has 18 heavy (non-hydrogen) atoms. The number of anilines is 1. The number of hydrogen-bond acceptors (Lipinski definition) is 4. The highest BCUT2D eigenvalue weighted by Gasteiger charge is 2.23. The van der Waals surface area contributed by atoms with Crippen molar-refractivity contribution in [1.29, 1.82) is 0 Å². The molecule has 0 saturated carbocycles. The Bertz CT molecular complexity index is 472. The number of nitrogens with zero attached hydrogens (tertiary/aromatic N) is 2. The average molecular weight is 251 g/mol. The molecule has 98 valence electrons. The molecule has 0 radical (unpaired) electrons. The smallest absolute Gasteiger partial charge is 0.292 e. The van der Waals surface area contributed by atoms with Gasteiger partial charge < -0.3 is 10.6 Å². The number of nitro benzene ring substituents is 1. The molecule has 6 heteroatoms. The van der Waals surface area contributed by atoms with Crippen molar-refractivity contribution in [2.24, 2.45) is 0 Å². The van der Waals surface area contributed by atoms with Gasteiger partial charge in [-0.15, -0.1) is 0 Å². The number of nitro groups is 1.